The maximum atomic E-state index is 12.8. The Kier molecular flexibility index (Phi) is 4.17. The summed E-state index contributed by atoms with van der Waals surface area (Å²) in [6.45, 7) is 6.40. The van der Waals surface area contributed by atoms with E-state index in [-0.39, 0.29) is 12.1 Å². The average Bonchev–Trinajstić information content (AvgIpc) is 2.99. The molecule has 3 heterocycles. The topological polar surface area (TPSA) is 53.6 Å². The van der Waals surface area contributed by atoms with Gasteiger partial charge in [-0.05, 0) is 43.5 Å². The molecule has 0 radical (unpaired) electrons. The second kappa shape index (κ2) is 6.35. The lowest BCUT2D eigenvalue weighted by Gasteiger charge is -2.31. The molecular formula is C19H23N3O2S. The first-order valence-electron chi connectivity index (χ1n) is 8.66. The number of methoxy groups -OCH3 is 1. The molecule has 0 saturated carbocycles. The van der Waals surface area contributed by atoms with Crippen molar-refractivity contribution in [3.05, 3.63) is 45.8 Å². The largest absolute Gasteiger partial charge is 0.497 e. The van der Waals surface area contributed by atoms with Gasteiger partial charge in [0.2, 0.25) is 0 Å². The molecule has 1 amide bonds. The predicted octanol–water partition coefficient (Wildman–Crippen LogP) is 3.38. The molecule has 4 rings (SSSR count). The number of amides is 1. The average molecular weight is 357 g/mol. The minimum Gasteiger partial charge on any atom is -0.497 e. The number of nitrogens with zero attached hydrogens (tertiary/aromatic N) is 1. The van der Waals surface area contributed by atoms with Crippen molar-refractivity contribution in [1.82, 2.24) is 10.2 Å². The fourth-order valence-electron chi connectivity index (χ4n) is 3.54. The highest BCUT2D eigenvalue weighted by Gasteiger charge is 2.33. The van der Waals surface area contributed by atoms with Crippen LogP contribution in [0, 0.1) is 0 Å². The number of anilines is 1. The first-order valence-corrected chi connectivity index (χ1v) is 9.48. The number of benzene rings is 1. The molecule has 0 fully saturated rings. The molecule has 0 saturated heterocycles. The lowest BCUT2D eigenvalue weighted by Crippen LogP contribution is -2.39. The van der Waals surface area contributed by atoms with E-state index in [9.17, 15) is 4.79 Å². The number of fused-ring (bicyclic) bond motifs is 3. The molecule has 25 heavy (non-hydrogen) atoms. The zero-order chi connectivity index (χ0) is 17.6. The highest BCUT2D eigenvalue weighted by atomic mass is 32.1. The van der Waals surface area contributed by atoms with Gasteiger partial charge in [0.15, 0.2) is 0 Å². The Morgan fingerprint density at radius 2 is 2.00 bits per heavy atom. The van der Waals surface area contributed by atoms with E-state index < -0.39 is 0 Å². The summed E-state index contributed by atoms with van der Waals surface area (Å²) in [5, 5.41) is 7.61. The SMILES string of the molecule is COc1ccc(C2NC(=O)c3c(sc4c3CCN(C(C)C)C4)N2)cc1. The number of hydrogen-bond acceptors (Lipinski definition) is 5. The molecule has 2 aliphatic rings. The summed E-state index contributed by atoms with van der Waals surface area (Å²) in [5.41, 5.74) is 3.11. The van der Waals surface area contributed by atoms with Crippen molar-refractivity contribution in [1.29, 1.82) is 0 Å². The summed E-state index contributed by atoms with van der Waals surface area (Å²) < 4.78 is 5.21. The molecule has 1 aromatic heterocycles. The maximum absolute atomic E-state index is 12.8. The second-order valence-electron chi connectivity index (χ2n) is 6.85. The van der Waals surface area contributed by atoms with Gasteiger partial charge < -0.3 is 15.4 Å². The highest BCUT2D eigenvalue weighted by Crippen LogP contribution is 2.41. The van der Waals surface area contributed by atoms with Gasteiger partial charge in [-0.3, -0.25) is 9.69 Å². The molecule has 0 bridgehead atoms. The number of rotatable bonds is 3. The van der Waals surface area contributed by atoms with Crippen molar-refractivity contribution in [3.8, 4) is 5.75 Å². The summed E-state index contributed by atoms with van der Waals surface area (Å²) in [6, 6.07) is 8.32. The number of thiophene rings is 1. The van der Waals surface area contributed by atoms with Gasteiger partial charge in [0.05, 0.1) is 12.7 Å². The third-order valence-corrected chi connectivity index (χ3v) is 6.19. The van der Waals surface area contributed by atoms with E-state index in [4.69, 9.17) is 4.74 Å². The Bertz CT molecular complexity index is 798. The standard InChI is InChI=1S/C19H23N3O2S/c1-11(2)22-9-8-14-15(10-22)25-19-16(14)18(23)20-17(21-19)12-4-6-13(24-3)7-5-12/h4-7,11,17,21H,8-10H2,1-3H3,(H,20,23). The molecule has 2 aromatic rings. The molecule has 0 aliphatic carbocycles. The molecule has 1 unspecified atom stereocenters. The van der Waals surface area contributed by atoms with Crippen molar-refractivity contribution >= 4 is 22.2 Å². The van der Waals surface area contributed by atoms with E-state index in [0.29, 0.717) is 6.04 Å². The number of carbonyl (C=O) groups is 1. The molecule has 6 heteroatoms. The zero-order valence-electron chi connectivity index (χ0n) is 14.8. The zero-order valence-corrected chi connectivity index (χ0v) is 15.6. The lowest BCUT2D eigenvalue weighted by molar-refractivity contribution is 0.0934. The van der Waals surface area contributed by atoms with Crippen molar-refractivity contribution in [2.24, 2.45) is 0 Å². The Morgan fingerprint density at radius 3 is 2.68 bits per heavy atom. The number of carbonyl (C=O) groups excluding carboxylic acids is 1. The van der Waals surface area contributed by atoms with Crippen LogP contribution in [0.1, 0.15) is 46.4 Å². The molecular weight excluding hydrogens is 334 g/mol. The van der Waals surface area contributed by atoms with Crippen LogP contribution in [-0.2, 0) is 13.0 Å². The van der Waals surface area contributed by atoms with E-state index in [2.05, 4.69) is 29.4 Å². The minimum absolute atomic E-state index is 0.0325. The number of hydrogen-bond donors (Lipinski definition) is 2. The van der Waals surface area contributed by atoms with Crippen LogP contribution in [0.25, 0.3) is 0 Å². The fraction of sp³-hybridized carbons (Fsp3) is 0.421. The molecule has 5 nitrogen and oxygen atoms in total. The van der Waals surface area contributed by atoms with Gasteiger partial charge in [-0.15, -0.1) is 11.3 Å². The van der Waals surface area contributed by atoms with Gasteiger partial charge in [-0.25, -0.2) is 0 Å². The van der Waals surface area contributed by atoms with E-state index in [1.807, 2.05) is 24.3 Å². The van der Waals surface area contributed by atoms with Crippen molar-refractivity contribution in [2.45, 2.75) is 39.0 Å². The van der Waals surface area contributed by atoms with E-state index in [0.717, 1.165) is 41.4 Å². The summed E-state index contributed by atoms with van der Waals surface area (Å²) in [6.07, 6.45) is 0.744. The number of nitrogens with one attached hydrogen (secondary N) is 2. The van der Waals surface area contributed by atoms with Crippen molar-refractivity contribution in [2.75, 3.05) is 19.0 Å². The summed E-state index contributed by atoms with van der Waals surface area (Å²) in [5.74, 6) is 0.844. The fourth-order valence-corrected chi connectivity index (χ4v) is 4.84. The van der Waals surface area contributed by atoms with Gasteiger partial charge in [0.25, 0.3) is 5.91 Å². The second-order valence-corrected chi connectivity index (χ2v) is 7.95. The van der Waals surface area contributed by atoms with Crippen LogP contribution in [-0.4, -0.2) is 30.5 Å². The number of ether oxygens (including phenoxy) is 1. The Labute approximate surface area is 152 Å². The van der Waals surface area contributed by atoms with E-state index in [1.165, 1.54) is 10.4 Å². The third kappa shape index (κ3) is 2.89. The summed E-state index contributed by atoms with van der Waals surface area (Å²) in [4.78, 5) is 16.5. The van der Waals surface area contributed by atoms with Crippen LogP contribution in [0.5, 0.6) is 5.75 Å². The predicted molar refractivity (Wildman–Crippen MR) is 100 cm³/mol. The van der Waals surface area contributed by atoms with Gasteiger partial charge in [0.1, 0.15) is 16.9 Å². The van der Waals surface area contributed by atoms with E-state index >= 15 is 0 Å². The summed E-state index contributed by atoms with van der Waals surface area (Å²) >= 11 is 1.73. The lowest BCUT2D eigenvalue weighted by atomic mass is 9.99. The van der Waals surface area contributed by atoms with E-state index in [1.54, 1.807) is 18.4 Å². The highest BCUT2D eigenvalue weighted by molar-refractivity contribution is 7.16. The van der Waals surface area contributed by atoms with Gasteiger partial charge in [0, 0.05) is 24.0 Å². The van der Waals surface area contributed by atoms with Crippen LogP contribution in [0.15, 0.2) is 24.3 Å². The summed E-state index contributed by atoms with van der Waals surface area (Å²) in [7, 11) is 1.65. The Hall–Kier alpha value is -2.05. The van der Waals surface area contributed by atoms with Crippen molar-refractivity contribution < 1.29 is 9.53 Å². The quantitative estimate of drug-likeness (QED) is 0.884. The van der Waals surface area contributed by atoms with Crippen LogP contribution < -0.4 is 15.4 Å². The van der Waals surface area contributed by atoms with Gasteiger partial charge >= 0.3 is 0 Å². The van der Waals surface area contributed by atoms with Crippen LogP contribution in [0.3, 0.4) is 0 Å². The monoisotopic (exact) mass is 357 g/mol. The Balaban J connectivity index is 1.62. The molecule has 1 atom stereocenters. The normalized spacial score (nSPS) is 19.8. The third-order valence-electron chi connectivity index (χ3n) is 5.04. The first-order chi connectivity index (χ1) is 12.1. The maximum Gasteiger partial charge on any atom is 0.256 e. The van der Waals surface area contributed by atoms with Crippen molar-refractivity contribution in [3.63, 3.8) is 0 Å². The van der Waals surface area contributed by atoms with Crippen LogP contribution in [0.4, 0.5) is 5.00 Å². The minimum atomic E-state index is -0.202. The molecule has 132 valence electrons. The smallest absolute Gasteiger partial charge is 0.256 e. The molecule has 2 aliphatic heterocycles. The van der Waals surface area contributed by atoms with Gasteiger partial charge in [-0.1, -0.05) is 12.1 Å². The molecule has 2 N–H and O–H groups in total. The van der Waals surface area contributed by atoms with Crippen LogP contribution in [0.2, 0.25) is 0 Å². The first kappa shape index (κ1) is 16.4. The molecule has 0 spiro atoms. The van der Waals surface area contributed by atoms with Crippen LogP contribution >= 0.6 is 11.3 Å². The Morgan fingerprint density at radius 1 is 1.24 bits per heavy atom. The van der Waals surface area contributed by atoms with Gasteiger partial charge in [-0.2, -0.15) is 0 Å². The molecule has 1 aromatic carbocycles.